The topological polar surface area (TPSA) is 60.5 Å². The Bertz CT molecular complexity index is 715. The van der Waals surface area contributed by atoms with Crippen LogP contribution in [0.25, 0.3) is 10.9 Å². The predicted molar refractivity (Wildman–Crippen MR) is 96.4 cm³/mol. The SMILES string of the molecule is CCOc1ccc(NC(=O)[C@](C)(CC(C)C)OC)c2cccnc12. The third-order valence-electron chi connectivity index (χ3n) is 4.01. The third-order valence-corrected chi connectivity index (χ3v) is 4.01. The Morgan fingerprint density at radius 2 is 2.08 bits per heavy atom. The Kier molecular flexibility index (Phi) is 5.78. The number of pyridine rings is 1. The van der Waals surface area contributed by atoms with Crippen molar-refractivity contribution in [2.75, 3.05) is 19.0 Å². The fourth-order valence-corrected chi connectivity index (χ4v) is 2.83. The zero-order chi connectivity index (χ0) is 17.7. The summed E-state index contributed by atoms with van der Waals surface area (Å²) >= 11 is 0. The molecule has 0 radical (unpaired) electrons. The third kappa shape index (κ3) is 3.85. The van der Waals surface area contributed by atoms with Gasteiger partial charge in [0.2, 0.25) is 0 Å². The molecule has 0 saturated heterocycles. The van der Waals surface area contributed by atoms with Crippen LogP contribution in [0.5, 0.6) is 5.75 Å². The molecule has 130 valence electrons. The molecule has 5 nitrogen and oxygen atoms in total. The number of hydrogen-bond donors (Lipinski definition) is 1. The fraction of sp³-hybridized carbons (Fsp3) is 0.474. The number of amides is 1. The maximum atomic E-state index is 12.8. The summed E-state index contributed by atoms with van der Waals surface area (Å²) in [5.74, 6) is 0.898. The van der Waals surface area contributed by atoms with E-state index in [1.165, 1.54) is 0 Å². The quantitative estimate of drug-likeness (QED) is 0.833. The van der Waals surface area contributed by atoms with Crippen LogP contribution in [-0.4, -0.2) is 30.2 Å². The van der Waals surface area contributed by atoms with Crippen LogP contribution in [0.1, 0.15) is 34.1 Å². The standard InChI is InChI=1S/C19H26N2O3/c1-6-24-16-10-9-15(14-8-7-11-20-17(14)16)21-18(22)19(4,23-5)12-13(2)3/h7-11,13H,6,12H2,1-5H3,(H,21,22)/t19-/m0/s1. The van der Waals surface area contributed by atoms with Gasteiger partial charge in [0.25, 0.3) is 5.91 Å². The molecule has 0 aliphatic rings. The summed E-state index contributed by atoms with van der Waals surface area (Å²) in [7, 11) is 1.57. The fourth-order valence-electron chi connectivity index (χ4n) is 2.83. The molecule has 1 atom stereocenters. The molecule has 1 aromatic carbocycles. The number of nitrogens with zero attached hydrogens (tertiary/aromatic N) is 1. The van der Waals surface area contributed by atoms with Crippen molar-refractivity contribution >= 4 is 22.5 Å². The number of carbonyl (C=O) groups excluding carboxylic acids is 1. The van der Waals surface area contributed by atoms with E-state index in [4.69, 9.17) is 9.47 Å². The van der Waals surface area contributed by atoms with Crippen molar-refractivity contribution in [3.05, 3.63) is 30.5 Å². The van der Waals surface area contributed by atoms with Crippen molar-refractivity contribution in [1.29, 1.82) is 0 Å². The minimum atomic E-state index is -0.874. The first-order chi connectivity index (χ1) is 11.4. The molecule has 1 N–H and O–H groups in total. The number of carbonyl (C=O) groups is 1. The second-order valence-electron chi connectivity index (χ2n) is 6.43. The van der Waals surface area contributed by atoms with Crippen LogP contribution in [0.4, 0.5) is 5.69 Å². The van der Waals surface area contributed by atoms with E-state index >= 15 is 0 Å². The predicted octanol–water partition coefficient (Wildman–Crippen LogP) is 4.02. The monoisotopic (exact) mass is 330 g/mol. The van der Waals surface area contributed by atoms with Crippen molar-refractivity contribution in [3.8, 4) is 5.75 Å². The summed E-state index contributed by atoms with van der Waals surface area (Å²) in [6.45, 7) is 8.45. The van der Waals surface area contributed by atoms with E-state index in [9.17, 15) is 4.79 Å². The Morgan fingerprint density at radius 3 is 2.71 bits per heavy atom. The lowest BCUT2D eigenvalue weighted by Gasteiger charge is -2.28. The normalized spacial score (nSPS) is 13.8. The van der Waals surface area contributed by atoms with Crippen molar-refractivity contribution in [1.82, 2.24) is 4.98 Å². The lowest BCUT2D eigenvalue weighted by atomic mass is 9.93. The molecule has 0 bridgehead atoms. The Labute approximate surface area is 143 Å². The molecule has 0 unspecified atom stereocenters. The van der Waals surface area contributed by atoms with Crippen LogP contribution in [0.2, 0.25) is 0 Å². The summed E-state index contributed by atoms with van der Waals surface area (Å²) in [5.41, 5.74) is 0.570. The van der Waals surface area contributed by atoms with Gasteiger partial charge in [-0.2, -0.15) is 0 Å². The highest BCUT2D eigenvalue weighted by Gasteiger charge is 2.34. The number of fused-ring (bicyclic) bond motifs is 1. The van der Waals surface area contributed by atoms with Gasteiger partial charge in [-0.25, -0.2) is 0 Å². The molecular formula is C19H26N2O3. The molecule has 0 aliphatic heterocycles. The highest BCUT2D eigenvalue weighted by Crippen LogP contribution is 2.31. The van der Waals surface area contributed by atoms with Gasteiger partial charge in [0.05, 0.1) is 12.3 Å². The summed E-state index contributed by atoms with van der Waals surface area (Å²) in [4.78, 5) is 17.2. The van der Waals surface area contributed by atoms with Crippen LogP contribution in [0.15, 0.2) is 30.5 Å². The van der Waals surface area contributed by atoms with Crippen LogP contribution < -0.4 is 10.1 Å². The maximum Gasteiger partial charge on any atom is 0.256 e. The highest BCUT2D eigenvalue weighted by atomic mass is 16.5. The van der Waals surface area contributed by atoms with Crippen molar-refractivity contribution < 1.29 is 14.3 Å². The van der Waals surface area contributed by atoms with Gasteiger partial charge in [0.15, 0.2) is 0 Å². The molecule has 1 aromatic heterocycles. The van der Waals surface area contributed by atoms with Crippen LogP contribution >= 0.6 is 0 Å². The lowest BCUT2D eigenvalue weighted by Crippen LogP contribution is -2.43. The van der Waals surface area contributed by atoms with Gasteiger partial charge in [0, 0.05) is 18.7 Å². The van der Waals surface area contributed by atoms with Gasteiger partial charge < -0.3 is 14.8 Å². The zero-order valence-electron chi connectivity index (χ0n) is 15.1. The highest BCUT2D eigenvalue weighted by molar-refractivity contribution is 6.05. The number of nitrogens with one attached hydrogen (secondary N) is 1. The largest absolute Gasteiger partial charge is 0.492 e. The van der Waals surface area contributed by atoms with E-state index in [-0.39, 0.29) is 5.91 Å². The minimum absolute atomic E-state index is 0.159. The molecule has 24 heavy (non-hydrogen) atoms. The summed E-state index contributed by atoms with van der Waals surface area (Å²) < 4.78 is 11.1. The van der Waals surface area contributed by atoms with Crippen LogP contribution in [-0.2, 0) is 9.53 Å². The Hall–Kier alpha value is -2.14. The number of methoxy groups -OCH3 is 1. The number of anilines is 1. The molecule has 2 rings (SSSR count). The molecule has 0 saturated carbocycles. The van der Waals surface area contributed by atoms with E-state index in [1.807, 2.05) is 38.1 Å². The Balaban J connectivity index is 2.36. The molecule has 5 heteroatoms. The molecule has 2 aromatic rings. The zero-order valence-corrected chi connectivity index (χ0v) is 15.1. The number of aromatic nitrogens is 1. The first-order valence-electron chi connectivity index (χ1n) is 8.28. The number of hydrogen-bond acceptors (Lipinski definition) is 4. The number of rotatable bonds is 7. The van der Waals surface area contributed by atoms with E-state index in [2.05, 4.69) is 24.1 Å². The first-order valence-corrected chi connectivity index (χ1v) is 8.28. The number of ether oxygens (including phenoxy) is 2. The van der Waals surface area contributed by atoms with Gasteiger partial charge in [-0.3, -0.25) is 9.78 Å². The second kappa shape index (κ2) is 7.62. The molecule has 0 spiro atoms. The average molecular weight is 330 g/mol. The van der Waals surface area contributed by atoms with Gasteiger partial charge in [-0.15, -0.1) is 0 Å². The summed E-state index contributed by atoms with van der Waals surface area (Å²) in [6.07, 6.45) is 2.36. The average Bonchev–Trinajstić information content (AvgIpc) is 2.56. The molecule has 1 amide bonds. The smallest absolute Gasteiger partial charge is 0.256 e. The van der Waals surface area contributed by atoms with Gasteiger partial charge in [-0.1, -0.05) is 13.8 Å². The molecule has 0 aliphatic carbocycles. The van der Waals surface area contributed by atoms with E-state index < -0.39 is 5.60 Å². The molecule has 0 fully saturated rings. The lowest BCUT2D eigenvalue weighted by molar-refractivity contribution is -0.137. The van der Waals surface area contributed by atoms with Crippen molar-refractivity contribution in [3.63, 3.8) is 0 Å². The molecular weight excluding hydrogens is 304 g/mol. The van der Waals surface area contributed by atoms with Crippen molar-refractivity contribution in [2.45, 2.75) is 39.7 Å². The van der Waals surface area contributed by atoms with E-state index in [1.54, 1.807) is 13.3 Å². The minimum Gasteiger partial charge on any atom is -0.492 e. The number of benzene rings is 1. The molecule has 1 heterocycles. The van der Waals surface area contributed by atoms with Crippen LogP contribution in [0, 0.1) is 5.92 Å². The Morgan fingerprint density at radius 1 is 1.33 bits per heavy atom. The van der Waals surface area contributed by atoms with Gasteiger partial charge in [-0.05, 0) is 50.5 Å². The van der Waals surface area contributed by atoms with E-state index in [0.717, 1.165) is 10.9 Å². The van der Waals surface area contributed by atoms with Gasteiger partial charge >= 0.3 is 0 Å². The first kappa shape index (κ1) is 18.2. The summed E-state index contributed by atoms with van der Waals surface area (Å²) in [6, 6.07) is 7.45. The van der Waals surface area contributed by atoms with Gasteiger partial charge in [0.1, 0.15) is 16.9 Å². The summed E-state index contributed by atoms with van der Waals surface area (Å²) in [5, 5.41) is 3.84. The van der Waals surface area contributed by atoms with E-state index in [0.29, 0.717) is 30.4 Å². The van der Waals surface area contributed by atoms with Crippen LogP contribution in [0.3, 0.4) is 0 Å². The second-order valence-corrected chi connectivity index (χ2v) is 6.43. The van der Waals surface area contributed by atoms with Crippen molar-refractivity contribution in [2.24, 2.45) is 5.92 Å². The maximum absolute atomic E-state index is 12.8.